The minimum atomic E-state index is -3.04. The number of benzene rings is 2. The Kier molecular flexibility index (Phi) is 6.99. The van der Waals surface area contributed by atoms with Gasteiger partial charge in [0.05, 0.1) is 24.2 Å². The van der Waals surface area contributed by atoms with Crippen molar-refractivity contribution in [3.63, 3.8) is 0 Å². The molecule has 1 fully saturated rings. The Hall–Kier alpha value is -2.52. The fourth-order valence-electron chi connectivity index (χ4n) is 3.92. The highest BCUT2D eigenvalue weighted by Gasteiger charge is 2.44. The average molecular weight is 488 g/mol. The van der Waals surface area contributed by atoms with E-state index in [4.69, 9.17) is 9.73 Å². The lowest BCUT2D eigenvalue weighted by Gasteiger charge is -2.24. The molecule has 0 spiro atoms. The third kappa shape index (κ3) is 5.70. The Morgan fingerprint density at radius 3 is 2.45 bits per heavy atom. The molecule has 0 bridgehead atoms. The Bertz CT molecular complexity index is 1130. The van der Waals surface area contributed by atoms with Gasteiger partial charge in [0.25, 0.3) is 0 Å². The van der Waals surface area contributed by atoms with Crippen LogP contribution in [0.2, 0.25) is 0 Å². The molecule has 1 N–H and O–H groups in total. The molecule has 2 aromatic rings. The number of hydrogen-bond donors (Lipinski definition) is 1. The number of thioether (sulfide) groups is 1. The van der Waals surface area contributed by atoms with Gasteiger partial charge in [-0.25, -0.2) is 8.42 Å². The summed E-state index contributed by atoms with van der Waals surface area (Å²) in [7, 11) is -3.04. The summed E-state index contributed by atoms with van der Waals surface area (Å²) in [5.74, 6) is 1.18. The van der Waals surface area contributed by atoms with E-state index in [0.29, 0.717) is 23.4 Å². The van der Waals surface area contributed by atoms with Crippen LogP contribution in [0.3, 0.4) is 0 Å². The van der Waals surface area contributed by atoms with Crippen molar-refractivity contribution in [1.29, 1.82) is 0 Å². The molecule has 2 aromatic carbocycles. The molecule has 2 unspecified atom stereocenters. The van der Waals surface area contributed by atoms with Crippen LogP contribution in [0.5, 0.6) is 5.75 Å². The largest absolute Gasteiger partial charge is 0.494 e. The summed E-state index contributed by atoms with van der Waals surface area (Å²) in [6.45, 7) is 6.85. The van der Waals surface area contributed by atoms with Crippen molar-refractivity contribution < 1.29 is 17.9 Å². The zero-order chi connectivity index (χ0) is 23.6. The van der Waals surface area contributed by atoms with Crippen LogP contribution in [-0.4, -0.2) is 55.4 Å². The molecule has 0 aliphatic carbocycles. The first-order valence-corrected chi connectivity index (χ1v) is 13.8. The number of nitrogens with one attached hydrogen (secondary N) is 1. The molecule has 1 saturated heterocycles. The standard InChI is InChI=1S/C24H29N3O4S2/c1-4-31-20-11-7-18(8-12-20)25-23(28)13-27(19-9-5-17(6-10-19)16(2)3)24-26-21-14-33(29,30)15-22(21)32-24/h5-12,16,21-22H,4,13-15H2,1-3H3,(H,25,28). The highest BCUT2D eigenvalue weighted by molar-refractivity contribution is 8.15. The van der Waals surface area contributed by atoms with Crippen molar-refractivity contribution in [1.82, 2.24) is 0 Å². The molecule has 0 radical (unpaired) electrons. The molecule has 2 atom stereocenters. The molecule has 176 valence electrons. The molecular weight excluding hydrogens is 458 g/mol. The first kappa shape index (κ1) is 23.6. The number of sulfone groups is 1. The monoisotopic (exact) mass is 487 g/mol. The van der Waals surface area contributed by atoms with Crippen molar-refractivity contribution in [2.45, 2.75) is 38.0 Å². The molecule has 2 aliphatic heterocycles. The van der Waals surface area contributed by atoms with E-state index in [1.165, 1.54) is 17.3 Å². The van der Waals surface area contributed by atoms with Crippen LogP contribution in [0.25, 0.3) is 0 Å². The number of carbonyl (C=O) groups is 1. The Balaban J connectivity index is 1.53. The summed E-state index contributed by atoms with van der Waals surface area (Å²) >= 11 is 1.45. The molecule has 1 amide bonds. The van der Waals surface area contributed by atoms with Crippen LogP contribution >= 0.6 is 11.8 Å². The van der Waals surface area contributed by atoms with Gasteiger partial charge in [0, 0.05) is 16.6 Å². The highest BCUT2D eigenvalue weighted by Crippen LogP contribution is 2.37. The topological polar surface area (TPSA) is 88.1 Å². The predicted molar refractivity (Wildman–Crippen MR) is 135 cm³/mol. The average Bonchev–Trinajstić information content (AvgIpc) is 3.27. The SMILES string of the molecule is CCOc1ccc(NC(=O)CN(C2=NC3CS(=O)(=O)CC3S2)c2ccc(C(C)C)cc2)cc1. The molecule has 33 heavy (non-hydrogen) atoms. The third-order valence-electron chi connectivity index (χ3n) is 5.66. The fourth-order valence-corrected chi connectivity index (χ4v) is 7.71. The summed E-state index contributed by atoms with van der Waals surface area (Å²) in [5.41, 5.74) is 2.75. The number of carbonyl (C=O) groups excluding carboxylic acids is 1. The normalized spacial score (nSPS) is 20.9. The molecule has 7 nitrogen and oxygen atoms in total. The van der Waals surface area contributed by atoms with Gasteiger partial charge in [-0.3, -0.25) is 9.79 Å². The smallest absolute Gasteiger partial charge is 0.244 e. The van der Waals surface area contributed by atoms with Crippen LogP contribution < -0.4 is 15.0 Å². The summed E-state index contributed by atoms with van der Waals surface area (Å²) < 4.78 is 29.4. The number of aliphatic imine (C=N–C) groups is 1. The number of ether oxygens (including phenoxy) is 1. The van der Waals surface area contributed by atoms with Crippen molar-refractivity contribution in [2.24, 2.45) is 4.99 Å². The van der Waals surface area contributed by atoms with Gasteiger partial charge in [0.15, 0.2) is 15.0 Å². The minimum Gasteiger partial charge on any atom is -0.494 e. The van der Waals surface area contributed by atoms with Crippen molar-refractivity contribution in [2.75, 3.05) is 34.9 Å². The highest BCUT2D eigenvalue weighted by atomic mass is 32.2. The molecule has 9 heteroatoms. The maximum atomic E-state index is 12.9. The minimum absolute atomic E-state index is 0.0757. The van der Waals surface area contributed by atoms with Gasteiger partial charge in [-0.15, -0.1) is 0 Å². The van der Waals surface area contributed by atoms with Crippen LogP contribution in [0, 0.1) is 0 Å². The van der Waals surface area contributed by atoms with Crippen LogP contribution in [-0.2, 0) is 14.6 Å². The molecule has 0 aromatic heterocycles. The Morgan fingerprint density at radius 1 is 1.15 bits per heavy atom. The number of fused-ring (bicyclic) bond motifs is 1. The van der Waals surface area contributed by atoms with Gasteiger partial charge >= 0.3 is 0 Å². The number of hydrogen-bond acceptors (Lipinski definition) is 7. The summed E-state index contributed by atoms with van der Waals surface area (Å²) in [5, 5.41) is 3.54. The van der Waals surface area contributed by atoms with E-state index in [2.05, 4.69) is 31.3 Å². The number of anilines is 2. The molecular formula is C24H29N3O4S2. The number of nitrogens with zero attached hydrogens (tertiary/aromatic N) is 2. The predicted octanol–water partition coefficient (Wildman–Crippen LogP) is 3.92. The van der Waals surface area contributed by atoms with Gasteiger partial charge in [0.1, 0.15) is 12.3 Å². The van der Waals surface area contributed by atoms with E-state index < -0.39 is 9.84 Å². The second kappa shape index (κ2) is 9.77. The zero-order valence-corrected chi connectivity index (χ0v) is 20.7. The van der Waals surface area contributed by atoms with E-state index in [-0.39, 0.29) is 35.2 Å². The molecule has 0 saturated carbocycles. The van der Waals surface area contributed by atoms with Gasteiger partial charge < -0.3 is 15.0 Å². The summed E-state index contributed by atoms with van der Waals surface area (Å²) in [6, 6.07) is 15.1. The zero-order valence-electron chi connectivity index (χ0n) is 19.0. The van der Waals surface area contributed by atoms with Crippen LogP contribution in [0.1, 0.15) is 32.3 Å². The van der Waals surface area contributed by atoms with Crippen molar-refractivity contribution >= 4 is 44.0 Å². The third-order valence-corrected chi connectivity index (χ3v) is 8.91. The number of amidine groups is 1. The van der Waals surface area contributed by atoms with Gasteiger partial charge in [-0.1, -0.05) is 37.7 Å². The van der Waals surface area contributed by atoms with E-state index in [9.17, 15) is 13.2 Å². The van der Waals surface area contributed by atoms with E-state index >= 15 is 0 Å². The molecule has 2 aliphatic rings. The second-order valence-electron chi connectivity index (χ2n) is 8.55. The second-order valence-corrected chi connectivity index (χ2v) is 11.9. The number of rotatable bonds is 7. The lowest BCUT2D eigenvalue weighted by molar-refractivity contribution is -0.114. The van der Waals surface area contributed by atoms with Crippen LogP contribution in [0.4, 0.5) is 11.4 Å². The van der Waals surface area contributed by atoms with E-state index in [1.807, 2.05) is 48.2 Å². The summed E-state index contributed by atoms with van der Waals surface area (Å²) in [6.07, 6.45) is 0. The van der Waals surface area contributed by atoms with Crippen molar-refractivity contribution in [3.05, 3.63) is 54.1 Å². The lowest BCUT2D eigenvalue weighted by Crippen LogP contribution is -2.36. The maximum Gasteiger partial charge on any atom is 0.244 e. The van der Waals surface area contributed by atoms with Gasteiger partial charge in [-0.05, 0) is 54.8 Å². The van der Waals surface area contributed by atoms with Crippen molar-refractivity contribution in [3.8, 4) is 5.75 Å². The van der Waals surface area contributed by atoms with Gasteiger partial charge in [-0.2, -0.15) is 0 Å². The van der Waals surface area contributed by atoms with Crippen LogP contribution in [0.15, 0.2) is 53.5 Å². The first-order valence-electron chi connectivity index (χ1n) is 11.1. The number of amides is 1. The van der Waals surface area contributed by atoms with E-state index in [1.54, 1.807) is 0 Å². The summed E-state index contributed by atoms with van der Waals surface area (Å²) in [4.78, 5) is 19.5. The maximum absolute atomic E-state index is 12.9. The Labute approximate surface area is 199 Å². The quantitative estimate of drug-likeness (QED) is 0.637. The molecule has 4 rings (SSSR count). The van der Waals surface area contributed by atoms with Gasteiger partial charge in [0.2, 0.25) is 5.91 Å². The Morgan fingerprint density at radius 2 is 1.85 bits per heavy atom. The molecule has 2 heterocycles. The van der Waals surface area contributed by atoms with E-state index in [0.717, 1.165) is 11.4 Å². The lowest BCUT2D eigenvalue weighted by atomic mass is 10.0. The first-order chi connectivity index (χ1) is 15.7. The fraction of sp³-hybridized carbons (Fsp3) is 0.417.